The van der Waals surface area contributed by atoms with E-state index in [0.717, 1.165) is 37.1 Å². The SMILES string of the molecule is CCNCc1csc(N(C)CCOC(C)C)n1. The van der Waals surface area contributed by atoms with Crippen LogP contribution in [0.1, 0.15) is 26.5 Å². The largest absolute Gasteiger partial charge is 0.377 e. The summed E-state index contributed by atoms with van der Waals surface area (Å²) >= 11 is 1.69. The van der Waals surface area contributed by atoms with Gasteiger partial charge in [0.1, 0.15) is 0 Å². The van der Waals surface area contributed by atoms with Gasteiger partial charge in [0.25, 0.3) is 0 Å². The van der Waals surface area contributed by atoms with Crippen molar-refractivity contribution in [3.05, 3.63) is 11.1 Å². The van der Waals surface area contributed by atoms with E-state index in [1.807, 2.05) is 0 Å². The highest BCUT2D eigenvalue weighted by Crippen LogP contribution is 2.18. The second-order valence-electron chi connectivity index (χ2n) is 4.24. The summed E-state index contributed by atoms with van der Waals surface area (Å²) in [7, 11) is 2.06. The van der Waals surface area contributed by atoms with Crippen LogP contribution in [0.3, 0.4) is 0 Å². The molecule has 0 fully saturated rings. The molecule has 1 heterocycles. The fourth-order valence-electron chi connectivity index (χ4n) is 1.33. The summed E-state index contributed by atoms with van der Waals surface area (Å²) in [5, 5.41) is 6.45. The molecule has 0 bridgehead atoms. The van der Waals surface area contributed by atoms with Crippen molar-refractivity contribution >= 4 is 16.5 Å². The predicted octanol–water partition coefficient (Wildman–Crippen LogP) is 2.11. The summed E-state index contributed by atoms with van der Waals surface area (Å²) in [6.45, 7) is 9.66. The molecule has 0 aliphatic carbocycles. The fraction of sp³-hybridized carbons (Fsp3) is 0.750. The quantitative estimate of drug-likeness (QED) is 0.774. The van der Waals surface area contributed by atoms with Gasteiger partial charge in [-0.15, -0.1) is 11.3 Å². The molecule has 0 saturated heterocycles. The molecule has 17 heavy (non-hydrogen) atoms. The van der Waals surface area contributed by atoms with Crippen LogP contribution < -0.4 is 10.2 Å². The Morgan fingerprint density at radius 2 is 2.29 bits per heavy atom. The van der Waals surface area contributed by atoms with E-state index in [9.17, 15) is 0 Å². The molecule has 0 aromatic carbocycles. The van der Waals surface area contributed by atoms with Crippen LogP contribution in [-0.2, 0) is 11.3 Å². The third kappa shape index (κ3) is 5.48. The molecule has 0 amide bonds. The third-order valence-corrected chi connectivity index (χ3v) is 3.30. The van der Waals surface area contributed by atoms with Crippen molar-refractivity contribution in [1.82, 2.24) is 10.3 Å². The minimum absolute atomic E-state index is 0.295. The van der Waals surface area contributed by atoms with E-state index in [-0.39, 0.29) is 0 Å². The summed E-state index contributed by atoms with van der Waals surface area (Å²) in [6, 6.07) is 0. The summed E-state index contributed by atoms with van der Waals surface area (Å²) in [6.07, 6.45) is 0.295. The first kappa shape index (κ1) is 14.4. The zero-order valence-corrected chi connectivity index (χ0v) is 12.0. The Labute approximate surface area is 108 Å². The maximum absolute atomic E-state index is 5.53. The highest BCUT2D eigenvalue weighted by Gasteiger charge is 2.06. The molecule has 5 heteroatoms. The van der Waals surface area contributed by atoms with E-state index >= 15 is 0 Å². The first-order valence-electron chi connectivity index (χ1n) is 6.11. The standard InChI is InChI=1S/C12H23N3OS/c1-5-13-8-11-9-17-12(14-11)15(4)6-7-16-10(2)3/h9-10,13H,5-8H2,1-4H3. The van der Waals surface area contributed by atoms with E-state index in [2.05, 4.69) is 48.4 Å². The number of thiazole rings is 1. The van der Waals surface area contributed by atoms with Crippen LogP contribution in [0.25, 0.3) is 0 Å². The number of hydrogen-bond donors (Lipinski definition) is 1. The molecule has 1 rings (SSSR count). The number of anilines is 1. The molecule has 0 spiro atoms. The van der Waals surface area contributed by atoms with Gasteiger partial charge < -0.3 is 15.0 Å². The van der Waals surface area contributed by atoms with Crippen LogP contribution in [0.4, 0.5) is 5.13 Å². The topological polar surface area (TPSA) is 37.4 Å². The lowest BCUT2D eigenvalue weighted by Crippen LogP contribution is -2.23. The first-order valence-corrected chi connectivity index (χ1v) is 6.99. The van der Waals surface area contributed by atoms with E-state index in [1.165, 1.54) is 0 Å². The molecule has 0 radical (unpaired) electrons. The van der Waals surface area contributed by atoms with E-state index in [0.29, 0.717) is 6.10 Å². The highest BCUT2D eigenvalue weighted by atomic mass is 32.1. The van der Waals surface area contributed by atoms with Gasteiger partial charge in [0.05, 0.1) is 18.4 Å². The lowest BCUT2D eigenvalue weighted by atomic mass is 10.5. The lowest BCUT2D eigenvalue weighted by molar-refractivity contribution is 0.0846. The molecule has 1 N–H and O–H groups in total. The molecule has 4 nitrogen and oxygen atoms in total. The van der Waals surface area contributed by atoms with Crippen LogP contribution in [0, 0.1) is 0 Å². The lowest BCUT2D eigenvalue weighted by Gasteiger charge is -2.16. The van der Waals surface area contributed by atoms with Crippen molar-refractivity contribution in [1.29, 1.82) is 0 Å². The number of nitrogens with one attached hydrogen (secondary N) is 1. The van der Waals surface area contributed by atoms with Gasteiger partial charge in [0, 0.05) is 25.5 Å². The van der Waals surface area contributed by atoms with Crippen molar-refractivity contribution in [2.45, 2.75) is 33.4 Å². The Balaban J connectivity index is 2.35. The van der Waals surface area contributed by atoms with E-state index in [1.54, 1.807) is 11.3 Å². The van der Waals surface area contributed by atoms with Crippen molar-refractivity contribution < 1.29 is 4.74 Å². The molecule has 0 aliphatic rings. The molecular weight excluding hydrogens is 234 g/mol. The monoisotopic (exact) mass is 257 g/mol. The molecule has 0 saturated carbocycles. The minimum atomic E-state index is 0.295. The molecule has 0 aliphatic heterocycles. The summed E-state index contributed by atoms with van der Waals surface area (Å²) < 4.78 is 5.53. The smallest absolute Gasteiger partial charge is 0.185 e. The van der Waals surface area contributed by atoms with Crippen LogP contribution in [0.2, 0.25) is 0 Å². The number of rotatable bonds is 8. The van der Waals surface area contributed by atoms with Gasteiger partial charge in [-0.05, 0) is 20.4 Å². The number of aromatic nitrogens is 1. The highest BCUT2D eigenvalue weighted by molar-refractivity contribution is 7.13. The molecule has 1 aromatic heterocycles. The Morgan fingerprint density at radius 1 is 1.53 bits per heavy atom. The first-order chi connectivity index (χ1) is 8.13. The zero-order valence-electron chi connectivity index (χ0n) is 11.2. The van der Waals surface area contributed by atoms with Gasteiger partial charge in [0.15, 0.2) is 5.13 Å². The second-order valence-corrected chi connectivity index (χ2v) is 5.08. The van der Waals surface area contributed by atoms with Crippen LogP contribution in [0.15, 0.2) is 5.38 Å². The van der Waals surface area contributed by atoms with Gasteiger partial charge in [-0.1, -0.05) is 6.92 Å². The van der Waals surface area contributed by atoms with Gasteiger partial charge in [-0.25, -0.2) is 4.98 Å². The maximum Gasteiger partial charge on any atom is 0.185 e. The average Bonchev–Trinajstić information content (AvgIpc) is 2.74. The van der Waals surface area contributed by atoms with Gasteiger partial charge in [-0.3, -0.25) is 0 Å². The van der Waals surface area contributed by atoms with Gasteiger partial charge in [-0.2, -0.15) is 0 Å². The normalized spacial score (nSPS) is 11.1. The molecule has 0 unspecified atom stereocenters. The van der Waals surface area contributed by atoms with Gasteiger partial charge >= 0.3 is 0 Å². The van der Waals surface area contributed by atoms with E-state index in [4.69, 9.17) is 4.74 Å². The van der Waals surface area contributed by atoms with Crippen molar-refractivity contribution in [3.63, 3.8) is 0 Å². The zero-order chi connectivity index (χ0) is 12.7. The number of nitrogens with zero attached hydrogens (tertiary/aromatic N) is 2. The average molecular weight is 257 g/mol. The predicted molar refractivity (Wildman–Crippen MR) is 73.9 cm³/mol. The Morgan fingerprint density at radius 3 is 2.94 bits per heavy atom. The minimum Gasteiger partial charge on any atom is -0.377 e. The Hall–Kier alpha value is -0.650. The summed E-state index contributed by atoms with van der Waals surface area (Å²) in [5.74, 6) is 0. The molecule has 98 valence electrons. The fourth-order valence-corrected chi connectivity index (χ4v) is 2.15. The second kappa shape index (κ2) is 7.63. The van der Waals surface area contributed by atoms with E-state index < -0.39 is 0 Å². The molecule has 0 atom stereocenters. The van der Waals surface area contributed by atoms with Crippen molar-refractivity contribution in [3.8, 4) is 0 Å². The number of ether oxygens (including phenoxy) is 1. The number of likely N-dealkylation sites (N-methyl/N-ethyl adjacent to an activating group) is 1. The Kier molecular flexibility index (Phi) is 6.47. The maximum atomic E-state index is 5.53. The third-order valence-electron chi connectivity index (χ3n) is 2.30. The molecular formula is C12H23N3OS. The number of hydrogen-bond acceptors (Lipinski definition) is 5. The summed E-state index contributed by atoms with van der Waals surface area (Å²) in [4.78, 5) is 6.71. The van der Waals surface area contributed by atoms with Crippen molar-refractivity contribution in [2.75, 3.05) is 31.6 Å². The van der Waals surface area contributed by atoms with Crippen LogP contribution >= 0.6 is 11.3 Å². The Bertz CT molecular complexity index is 314. The van der Waals surface area contributed by atoms with Crippen molar-refractivity contribution in [2.24, 2.45) is 0 Å². The van der Waals surface area contributed by atoms with Crippen LogP contribution in [0.5, 0.6) is 0 Å². The molecule has 1 aromatic rings. The van der Waals surface area contributed by atoms with Crippen LogP contribution in [-0.4, -0.2) is 37.8 Å². The van der Waals surface area contributed by atoms with Gasteiger partial charge in [0.2, 0.25) is 0 Å². The summed E-state index contributed by atoms with van der Waals surface area (Å²) in [5.41, 5.74) is 1.11.